The van der Waals surface area contributed by atoms with Gasteiger partial charge in [-0.15, -0.1) is 0 Å². The highest BCUT2D eigenvalue weighted by atomic mass is 16.2. The first-order valence-electron chi connectivity index (χ1n) is 9.24. The molecular formula is C23H15N3O4. The van der Waals surface area contributed by atoms with E-state index in [2.05, 4.69) is 16.8 Å². The van der Waals surface area contributed by atoms with Crippen molar-refractivity contribution < 1.29 is 14.7 Å². The first-order valence-corrected chi connectivity index (χ1v) is 9.24. The number of nitrogens with one attached hydrogen (secondary N) is 1. The number of carbonyl (C=O) groups is 2. The highest BCUT2D eigenvalue weighted by Gasteiger charge is 2.34. The Morgan fingerprint density at radius 3 is 2.53 bits per heavy atom. The number of carbonyl (C=O) groups excluding carboxylic acids is 2. The molecule has 0 saturated heterocycles. The lowest BCUT2D eigenvalue weighted by Gasteiger charge is -2.27. The SMILES string of the molecule is Cn1c(=O)[nH]c2ccc(N3C(=O)c4cccc5c(C#CCO)ccc(c45)C3=O)cc21. The molecule has 0 fully saturated rings. The molecule has 0 saturated carbocycles. The van der Waals surface area contributed by atoms with Crippen molar-refractivity contribution in [3.8, 4) is 11.8 Å². The molecule has 2 N–H and O–H groups in total. The Bertz CT molecular complexity index is 1490. The Kier molecular flexibility index (Phi) is 3.85. The normalized spacial score (nSPS) is 13.1. The molecule has 2 heterocycles. The molecule has 0 bridgehead atoms. The number of anilines is 1. The van der Waals surface area contributed by atoms with E-state index in [9.17, 15) is 14.4 Å². The lowest BCUT2D eigenvalue weighted by atomic mass is 9.91. The zero-order valence-electron chi connectivity index (χ0n) is 15.9. The Labute approximate surface area is 170 Å². The molecule has 1 aliphatic heterocycles. The number of aryl methyl sites for hydroxylation is 1. The van der Waals surface area contributed by atoms with Crippen LogP contribution in [0.2, 0.25) is 0 Å². The Hall–Kier alpha value is -4.15. The molecule has 2 amide bonds. The van der Waals surface area contributed by atoms with Gasteiger partial charge in [-0.3, -0.25) is 14.2 Å². The smallest absolute Gasteiger partial charge is 0.326 e. The van der Waals surface area contributed by atoms with E-state index in [1.165, 1.54) is 4.57 Å². The fourth-order valence-electron chi connectivity index (χ4n) is 3.93. The lowest BCUT2D eigenvalue weighted by molar-refractivity contribution is 0.0893. The minimum atomic E-state index is -0.440. The van der Waals surface area contributed by atoms with E-state index in [0.29, 0.717) is 44.2 Å². The number of aromatic nitrogens is 2. The molecule has 0 unspecified atom stereocenters. The van der Waals surface area contributed by atoms with Gasteiger partial charge < -0.3 is 10.1 Å². The first kappa shape index (κ1) is 17.9. The van der Waals surface area contributed by atoms with E-state index < -0.39 is 11.8 Å². The number of aromatic amines is 1. The fourth-order valence-corrected chi connectivity index (χ4v) is 3.93. The van der Waals surface area contributed by atoms with Crippen LogP contribution in [0, 0.1) is 11.8 Å². The second kappa shape index (κ2) is 6.44. The van der Waals surface area contributed by atoms with Gasteiger partial charge in [-0.2, -0.15) is 0 Å². The van der Waals surface area contributed by atoms with Crippen LogP contribution in [0.1, 0.15) is 26.3 Å². The van der Waals surface area contributed by atoms with E-state index >= 15 is 0 Å². The average Bonchev–Trinajstić information content (AvgIpc) is 3.04. The molecule has 0 radical (unpaired) electrons. The van der Waals surface area contributed by atoms with Crippen LogP contribution in [-0.2, 0) is 7.05 Å². The number of nitrogens with zero attached hydrogens (tertiary/aromatic N) is 2. The van der Waals surface area contributed by atoms with Gasteiger partial charge in [-0.05, 0) is 41.8 Å². The van der Waals surface area contributed by atoms with Crippen molar-refractivity contribution in [1.29, 1.82) is 0 Å². The summed E-state index contributed by atoms with van der Waals surface area (Å²) in [5.41, 5.74) is 2.77. The number of imide groups is 1. The minimum Gasteiger partial charge on any atom is -0.384 e. The molecule has 0 spiro atoms. The predicted octanol–water partition coefficient (Wildman–Crippen LogP) is 2.16. The lowest BCUT2D eigenvalue weighted by Crippen LogP contribution is -2.40. The van der Waals surface area contributed by atoms with Crippen LogP contribution in [0.3, 0.4) is 0 Å². The number of amides is 2. The van der Waals surface area contributed by atoms with Gasteiger partial charge in [-0.1, -0.05) is 24.0 Å². The quantitative estimate of drug-likeness (QED) is 0.380. The summed E-state index contributed by atoms with van der Waals surface area (Å²) in [6.45, 7) is -0.279. The second-order valence-corrected chi connectivity index (χ2v) is 6.99. The van der Waals surface area contributed by atoms with E-state index in [0.717, 1.165) is 4.90 Å². The van der Waals surface area contributed by atoms with Gasteiger partial charge in [0.15, 0.2) is 0 Å². The van der Waals surface area contributed by atoms with E-state index in [-0.39, 0.29) is 12.3 Å². The molecule has 1 aliphatic rings. The van der Waals surface area contributed by atoms with Crippen LogP contribution in [0.5, 0.6) is 0 Å². The summed E-state index contributed by atoms with van der Waals surface area (Å²) < 4.78 is 1.43. The van der Waals surface area contributed by atoms with Crippen molar-refractivity contribution in [2.24, 2.45) is 7.05 Å². The Balaban J connectivity index is 1.72. The molecular weight excluding hydrogens is 382 g/mol. The third-order valence-electron chi connectivity index (χ3n) is 5.36. The summed E-state index contributed by atoms with van der Waals surface area (Å²) in [5.74, 6) is 4.60. The summed E-state index contributed by atoms with van der Waals surface area (Å²) in [4.78, 5) is 42.4. The topological polar surface area (TPSA) is 95.4 Å². The zero-order valence-corrected chi connectivity index (χ0v) is 15.9. The van der Waals surface area contributed by atoms with E-state index in [1.54, 1.807) is 49.5 Å². The van der Waals surface area contributed by atoms with Crippen LogP contribution >= 0.6 is 0 Å². The fraction of sp³-hybridized carbons (Fsp3) is 0.0870. The monoisotopic (exact) mass is 397 g/mol. The number of imidazole rings is 1. The summed E-state index contributed by atoms with van der Waals surface area (Å²) in [7, 11) is 1.62. The maximum absolute atomic E-state index is 13.3. The van der Waals surface area contributed by atoms with Gasteiger partial charge in [0.1, 0.15) is 6.61 Å². The molecule has 5 rings (SSSR count). The molecule has 7 heteroatoms. The van der Waals surface area contributed by atoms with Crippen LogP contribution in [0.25, 0.3) is 21.8 Å². The van der Waals surface area contributed by atoms with Crippen LogP contribution in [0.15, 0.2) is 53.3 Å². The number of fused-ring (bicyclic) bond motifs is 1. The van der Waals surface area contributed by atoms with Crippen molar-refractivity contribution in [2.75, 3.05) is 11.5 Å². The number of aliphatic hydroxyl groups is 1. The molecule has 0 aliphatic carbocycles. The van der Waals surface area contributed by atoms with Crippen molar-refractivity contribution in [3.05, 3.63) is 75.7 Å². The van der Waals surface area contributed by atoms with E-state index in [1.807, 2.05) is 6.07 Å². The van der Waals surface area contributed by atoms with Gasteiger partial charge in [-0.25, -0.2) is 9.69 Å². The van der Waals surface area contributed by atoms with Crippen LogP contribution in [0.4, 0.5) is 5.69 Å². The highest BCUT2D eigenvalue weighted by Crippen LogP contribution is 2.34. The molecule has 7 nitrogen and oxygen atoms in total. The Morgan fingerprint density at radius 2 is 1.77 bits per heavy atom. The predicted molar refractivity (Wildman–Crippen MR) is 113 cm³/mol. The van der Waals surface area contributed by atoms with Crippen LogP contribution in [-0.4, -0.2) is 33.1 Å². The second-order valence-electron chi connectivity index (χ2n) is 6.99. The number of benzene rings is 3. The number of rotatable bonds is 1. The number of H-pyrrole nitrogens is 1. The maximum Gasteiger partial charge on any atom is 0.326 e. The summed E-state index contributed by atoms with van der Waals surface area (Å²) in [5, 5.41) is 10.2. The maximum atomic E-state index is 13.3. The Morgan fingerprint density at radius 1 is 1.00 bits per heavy atom. The van der Waals surface area contributed by atoms with Crippen molar-refractivity contribution in [2.45, 2.75) is 0 Å². The standard InChI is InChI=1S/C23H15N3O4/c1-25-19-12-14(8-10-18(19)24-23(25)30)26-21(28)16-6-2-5-15-13(4-3-11-27)7-9-17(20(15)16)22(26)29/h2,5-10,12,27H,11H2,1H3,(H,24,30). The largest absolute Gasteiger partial charge is 0.384 e. The third kappa shape index (κ3) is 2.41. The number of hydrogen-bond acceptors (Lipinski definition) is 4. The summed E-state index contributed by atoms with van der Waals surface area (Å²) in [6.07, 6.45) is 0. The highest BCUT2D eigenvalue weighted by molar-refractivity contribution is 6.36. The molecule has 1 aromatic heterocycles. The molecule has 0 atom stereocenters. The minimum absolute atomic E-state index is 0.273. The number of hydrogen-bond donors (Lipinski definition) is 2. The number of aliphatic hydroxyl groups excluding tert-OH is 1. The first-order chi connectivity index (χ1) is 14.5. The molecule has 30 heavy (non-hydrogen) atoms. The van der Waals surface area contributed by atoms with Gasteiger partial charge >= 0.3 is 5.69 Å². The summed E-state index contributed by atoms with van der Waals surface area (Å²) in [6, 6.07) is 13.6. The van der Waals surface area contributed by atoms with E-state index in [4.69, 9.17) is 5.11 Å². The van der Waals surface area contributed by atoms with Crippen LogP contribution < -0.4 is 10.6 Å². The molecule has 3 aromatic carbocycles. The third-order valence-corrected chi connectivity index (χ3v) is 5.36. The van der Waals surface area contributed by atoms with Crippen molar-refractivity contribution in [1.82, 2.24) is 9.55 Å². The van der Waals surface area contributed by atoms with Crippen molar-refractivity contribution >= 4 is 39.3 Å². The summed E-state index contributed by atoms with van der Waals surface area (Å²) >= 11 is 0. The van der Waals surface area contributed by atoms with Gasteiger partial charge in [0.25, 0.3) is 11.8 Å². The van der Waals surface area contributed by atoms with Gasteiger partial charge in [0.2, 0.25) is 0 Å². The van der Waals surface area contributed by atoms with Crippen molar-refractivity contribution in [3.63, 3.8) is 0 Å². The van der Waals surface area contributed by atoms with Gasteiger partial charge in [0.05, 0.1) is 16.7 Å². The molecule has 4 aromatic rings. The van der Waals surface area contributed by atoms with Gasteiger partial charge in [0, 0.05) is 29.1 Å². The average molecular weight is 397 g/mol. The zero-order chi connectivity index (χ0) is 21.0. The molecule has 146 valence electrons.